The minimum absolute atomic E-state index is 0.509. The lowest BCUT2D eigenvalue weighted by molar-refractivity contribution is 0.112. The topological polar surface area (TPSA) is 26.3 Å². The van der Waals surface area contributed by atoms with E-state index in [1.54, 1.807) is 7.11 Å². The molecule has 1 aliphatic rings. The quantitative estimate of drug-likeness (QED) is 0.589. The molecule has 2 heteroatoms. The summed E-state index contributed by atoms with van der Waals surface area (Å²) in [6.07, 6.45) is 3.99. The molecule has 0 radical (unpaired) electrons. The molecule has 0 fully saturated rings. The second-order valence-electron chi connectivity index (χ2n) is 4.76. The molecule has 0 aliphatic heterocycles. The van der Waals surface area contributed by atoms with Crippen LogP contribution in [0.2, 0.25) is 0 Å². The Morgan fingerprint density at radius 2 is 2.29 bits per heavy atom. The molecule has 0 N–H and O–H groups in total. The highest BCUT2D eigenvalue weighted by molar-refractivity contribution is 5.79. The first kappa shape index (κ1) is 11.9. The summed E-state index contributed by atoms with van der Waals surface area (Å²) in [5.41, 5.74) is 4.41. The summed E-state index contributed by atoms with van der Waals surface area (Å²) >= 11 is 0. The van der Waals surface area contributed by atoms with Gasteiger partial charge in [0, 0.05) is 5.56 Å². The predicted octanol–water partition coefficient (Wildman–Crippen LogP) is 3.19. The molecule has 0 bridgehead atoms. The Kier molecular flexibility index (Phi) is 3.32. The number of benzene rings is 1. The lowest BCUT2D eigenvalue weighted by Gasteiger charge is -2.26. The van der Waals surface area contributed by atoms with Crippen molar-refractivity contribution < 1.29 is 9.53 Å². The van der Waals surface area contributed by atoms with Crippen molar-refractivity contribution in [2.45, 2.75) is 26.2 Å². The van der Waals surface area contributed by atoms with Crippen LogP contribution in [0.1, 0.15) is 34.8 Å². The van der Waals surface area contributed by atoms with Gasteiger partial charge in [0.05, 0.1) is 7.11 Å². The van der Waals surface area contributed by atoms with Gasteiger partial charge in [-0.05, 0) is 55.4 Å². The molecule has 0 aromatic heterocycles. The maximum atomic E-state index is 11.1. The zero-order valence-corrected chi connectivity index (χ0v) is 10.5. The van der Waals surface area contributed by atoms with Gasteiger partial charge in [-0.3, -0.25) is 4.79 Å². The molecule has 90 valence electrons. The van der Waals surface area contributed by atoms with E-state index in [-0.39, 0.29) is 0 Å². The maximum absolute atomic E-state index is 11.1. The molecular formula is C15H18O2. The van der Waals surface area contributed by atoms with Crippen LogP contribution in [-0.2, 0) is 12.8 Å². The van der Waals surface area contributed by atoms with Crippen LogP contribution < -0.4 is 4.74 Å². The highest BCUT2D eigenvalue weighted by Gasteiger charge is 2.22. The molecule has 2 nitrogen and oxygen atoms in total. The Balaban J connectivity index is 2.42. The summed E-state index contributed by atoms with van der Waals surface area (Å²) in [6.45, 7) is 6.10. The average molecular weight is 230 g/mol. The standard InChI is InChI=1S/C15H18O2/c1-10(2)11-4-5-12-6-14(17-3)7-13(9-16)15(12)8-11/h6-7,9,11H,1,4-5,8H2,2-3H3/t11-/m1/s1. The number of fused-ring (bicyclic) bond motifs is 1. The molecule has 2 rings (SSSR count). The van der Waals surface area contributed by atoms with Crippen LogP contribution in [0.4, 0.5) is 0 Å². The van der Waals surface area contributed by atoms with Gasteiger partial charge in [0.15, 0.2) is 0 Å². The van der Waals surface area contributed by atoms with Gasteiger partial charge in [-0.1, -0.05) is 12.2 Å². The molecule has 0 saturated heterocycles. The summed E-state index contributed by atoms with van der Waals surface area (Å²) in [5, 5.41) is 0. The molecule has 1 aromatic rings. The van der Waals surface area contributed by atoms with E-state index in [1.165, 1.54) is 16.7 Å². The van der Waals surface area contributed by atoms with Crippen LogP contribution >= 0.6 is 0 Å². The second-order valence-corrected chi connectivity index (χ2v) is 4.76. The van der Waals surface area contributed by atoms with Gasteiger partial charge in [-0.2, -0.15) is 0 Å². The third-order valence-corrected chi connectivity index (χ3v) is 3.62. The minimum atomic E-state index is 0.509. The number of hydrogen-bond donors (Lipinski definition) is 0. The Hall–Kier alpha value is -1.57. The monoisotopic (exact) mass is 230 g/mol. The van der Waals surface area contributed by atoms with E-state index in [0.717, 1.165) is 36.9 Å². The summed E-state index contributed by atoms with van der Waals surface area (Å²) in [6, 6.07) is 3.88. The summed E-state index contributed by atoms with van der Waals surface area (Å²) in [5.74, 6) is 1.29. The van der Waals surface area contributed by atoms with Crippen molar-refractivity contribution in [3.63, 3.8) is 0 Å². The Bertz CT molecular complexity index is 460. The zero-order chi connectivity index (χ0) is 12.4. The van der Waals surface area contributed by atoms with Gasteiger partial charge in [0.25, 0.3) is 0 Å². The molecule has 0 spiro atoms. The highest BCUT2D eigenvalue weighted by atomic mass is 16.5. The average Bonchev–Trinajstić information content (AvgIpc) is 2.36. The molecule has 0 amide bonds. The minimum Gasteiger partial charge on any atom is -0.497 e. The van der Waals surface area contributed by atoms with E-state index in [4.69, 9.17) is 4.74 Å². The first-order chi connectivity index (χ1) is 8.15. The Morgan fingerprint density at radius 3 is 2.88 bits per heavy atom. The number of aryl methyl sites for hydroxylation is 1. The van der Waals surface area contributed by atoms with Gasteiger partial charge in [0.1, 0.15) is 12.0 Å². The maximum Gasteiger partial charge on any atom is 0.150 e. The van der Waals surface area contributed by atoms with Gasteiger partial charge < -0.3 is 4.74 Å². The van der Waals surface area contributed by atoms with Gasteiger partial charge >= 0.3 is 0 Å². The number of methoxy groups -OCH3 is 1. The molecule has 0 heterocycles. The van der Waals surface area contributed by atoms with E-state index < -0.39 is 0 Å². The normalized spacial score (nSPS) is 18.4. The van der Waals surface area contributed by atoms with Crippen molar-refractivity contribution in [2.24, 2.45) is 5.92 Å². The van der Waals surface area contributed by atoms with Crippen molar-refractivity contribution in [3.05, 3.63) is 41.0 Å². The molecule has 1 aliphatic carbocycles. The van der Waals surface area contributed by atoms with Gasteiger partial charge in [0.2, 0.25) is 0 Å². The lowest BCUT2D eigenvalue weighted by atomic mass is 9.79. The van der Waals surface area contributed by atoms with Crippen molar-refractivity contribution in [1.82, 2.24) is 0 Å². The van der Waals surface area contributed by atoms with E-state index >= 15 is 0 Å². The number of rotatable bonds is 3. The van der Waals surface area contributed by atoms with Crippen LogP contribution in [0.25, 0.3) is 0 Å². The number of allylic oxidation sites excluding steroid dienone is 1. The zero-order valence-electron chi connectivity index (χ0n) is 10.5. The SMILES string of the molecule is C=C(C)[C@@H]1CCc2cc(OC)cc(C=O)c2C1. The van der Waals surface area contributed by atoms with Crippen molar-refractivity contribution >= 4 is 6.29 Å². The Labute approximate surface area is 102 Å². The number of aldehydes is 1. The van der Waals surface area contributed by atoms with Crippen LogP contribution in [0.15, 0.2) is 24.3 Å². The third kappa shape index (κ3) is 2.26. The second kappa shape index (κ2) is 4.74. The van der Waals surface area contributed by atoms with Crippen molar-refractivity contribution in [1.29, 1.82) is 0 Å². The van der Waals surface area contributed by atoms with Gasteiger partial charge in [-0.25, -0.2) is 0 Å². The van der Waals surface area contributed by atoms with E-state index in [0.29, 0.717) is 5.92 Å². The lowest BCUT2D eigenvalue weighted by Crippen LogP contribution is -2.17. The van der Waals surface area contributed by atoms with E-state index in [9.17, 15) is 4.79 Å². The molecular weight excluding hydrogens is 212 g/mol. The largest absolute Gasteiger partial charge is 0.497 e. The smallest absolute Gasteiger partial charge is 0.150 e. The first-order valence-corrected chi connectivity index (χ1v) is 5.96. The molecule has 1 aromatic carbocycles. The molecule has 17 heavy (non-hydrogen) atoms. The summed E-state index contributed by atoms with van der Waals surface area (Å²) in [4.78, 5) is 11.1. The fourth-order valence-electron chi connectivity index (χ4n) is 2.52. The molecule has 1 atom stereocenters. The number of carbonyl (C=O) groups is 1. The number of carbonyl (C=O) groups excluding carboxylic acids is 1. The summed E-state index contributed by atoms with van der Waals surface area (Å²) in [7, 11) is 1.63. The van der Waals surface area contributed by atoms with Crippen molar-refractivity contribution in [2.75, 3.05) is 7.11 Å². The van der Waals surface area contributed by atoms with Crippen LogP contribution in [0.3, 0.4) is 0 Å². The third-order valence-electron chi connectivity index (χ3n) is 3.62. The van der Waals surface area contributed by atoms with E-state index in [1.807, 2.05) is 6.07 Å². The molecule has 0 saturated carbocycles. The highest BCUT2D eigenvalue weighted by Crippen LogP contribution is 2.33. The fraction of sp³-hybridized carbons (Fsp3) is 0.400. The number of ether oxygens (including phenoxy) is 1. The van der Waals surface area contributed by atoms with Crippen molar-refractivity contribution in [3.8, 4) is 5.75 Å². The van der Waals surface area contributed by atoms with Crippen LogP contribution in [0.5, 0.6) is 5.75 Å². The van der Waals surface area contributed by atoms with Crippen LogP contribution in [-0.4, -0.2) is 13.4 Å². The Morgan fingerprint density at radius 1 is 1.53 bits per heavy atom. The number of hydrogen-bond acceptors (Lipinski definition) is 2. The molecule has 0 unspecified atom stereocenters. The predicted molar refractivity (Wildman–Crippen MR) is 68.7 cm³/mol. The van der Waals surface area contributed by atoms with Crippen LogP contribution in [0, 0.1) is 5.92 Å². The first-order valence-electron chi connectivity index (χ1n) is 5.96. The summed E-state index contributed by atoms with van der Waals surface area (Å²) < 4.78 is 5.22. The van der Waals surface area contributed by atoms with E-state index in [2.05, 4.69) is 19.6 Å². The fourth-order valence-corrected chi connectivity index (χ4v) is 2.52. The van der Waals surface area contributed by atoms with Gasteiger partial charge in [-0.15, -0.1) is 0 Å².